The summed E-state index contributed by atoms with van der Waals surface area (Å²) in [4.78, 5) is 21.1. The van der Waals surface area contributed by atoms with Gasteiger partial charge in [-0.3, -0.25) is 4.79 Å². The Kier molecular flexibility index (Phi) is 8.19. The minimum atomic E-state index is -0.116. The minimum Gasteiger partial charge on any atom is -0.466 e. The number of aldehydes is 1. The second-order valence-corrected chi connectivity index (χ2v) is 3.55. The first-order valence-electron chi connectivity index (χ1n) is 5.30. The second kappa shape index (κ2) is 8.73. The largest absolute Gasteiger partial charge is 0.466 e. The van der Waals surface area contributed by atoms with Crippen molar-refractivity contribution in [3.63, 3.8) is 0 Å². The molecule has 0 aromatic heterocycles. The molecule has 3 nitrogen and oxygen atoms in total. The number of hydrogen-bond donors (Lipinski definition) is 0. The van der Waals surface area contributed by atoms with Gasteiger partial charge in [0.05, 0.1) is 6.61 Å². The predicted molar refractivity (Wildman–Crippen MR) is 54.9 cm³/mol. The summed E-state index contributed by atoms with van der Waals surface area (Å²) in [6.45, 7) is 4.37. The highest BCUT2D eigenvalue weighted by Gasteiger charge is 2.06. The summed E-state index contributed by atoms with van der Waals surface area (Å²) in [6.07, 6.45) is 4.86. The lowest BCUT2D eigenvalue weighted by molar-refractivity contribution is -0.143. The number of esters is 1. The molecule has 82 valence electrons. The van der Waals surface area contributed by atoms with Crippen molar-refractivity contribution in [2.24, 2.45) is 5.92 Å². The lowest BCUT2D eigenvalue weighted by Gasteiger charge is -2.09. The van der Waals surface area contributed by atoms with Gasteiger partial charge < -0.3 is 9.53 Å². The van der Waals surface area contributed by atoms with Gasteiger partial charge in [0.1, 0.15) is 6.29 Å². The van der Waals surface area contributed by atoms with Gasteiger partial charge in [-0.05, 0) is 25.7 Å². The molecule has 1 atom stereocenters. The molecule has 0 radical (unpaired) electrons. The third-order valence-corrected chi connectivity index (χ3v) is 2.17. The number of carbonyl (C=O) groups excluding carboxylic acids is 2. The fourth-order valence-electron chi connectivity index (χ4n) is 1.29. The van der Waals surface area contributed by atoms with E-state index >= 15 is 0 Å². The van der Waals surface area contributed by atoms with Crippen molar-refractivity contribution in [1.82, 2.24) is 0 Å². The summed E-state index contributed by atoms with van der Waals surface area (Å²) < 4.78 is 4.82. The van der Waals surface area contributed by atoms with E-state index in [2.05, 4.69) is 6.92 Å². The molecule has 3 heteroatoms. The summed E-state index contributed by atoms with van der Waals surface area (Å²) in [7, 11) is 0. The van der Waals surface area contributed by atoms with Gasteiger partial charge in [-0.25, -0.2) is 0 Å². The van der Waals surface area contributed by atoms with Crippen LogP contribution in [0.15, 0.2) is 0 Å². The smallest absolute Gasteiger partial charge is 0.305 e. The van der Waals surface area contributed by atoms with E-state index in [4.69, 9.17) is 4.74 Å². The topological polar surface area (TPSA) is 43.4 Å². The zero-order valence-corrected chi connectivity index (χ0v) is 9.12. The van der Waals surface area contributed by atoms with Crippen molar-refractivity contribution in [1.29, 1.82) is 0 Å². The van der Waals surface area contributed by atoms with Crippen LogP contribution in [0.2, 0.25) is 0 Å². The van der Waals surface area contributed by atoms with E-state index in [0.717, 1.165) is 25.5 Å². The first-order chi connectivity index (χ1) is 6.70. The maximum atomic E-state index is 11.0. The number of rotatable bonds is 8. The van der Waals surface area contributed by atoms with E-state index in [1.807, 2.05) is 6.92 Å². The average molecular weight is 200 g/mol. The minimum absolute atomic E-state index is 0.116. The maximum absolute atomic E-state index is 11.0. The first kappa shape index (κ1) is 13.1. The fraction of sp³-hybridized carbons (Fsp3) is 0.818. The van der Waals surface area contributed by atoms with Gasteiger partial charge in [-0.15, -0.1) is 0 Å². The van der Waals surface area contributed by atoms with Gasteiger partial charge in [0.2, 0.25) is 0 Å². The van der Waals surface area contributed by atoms with Gasteiger partial charge in [-0.2, -0.15) is 0 Å². The molecule has 1 unspecified atom stereocenters. The van der Waals surface area contributed by atoms with Gasteiger partial charge in [-0.1, -0.05) is 13.3 Å². The van der Waals surface area contributed by atoms with E-state index in [1.165, 1.54) is 0 Å². The van der Waals surface area contributed by atoms with Crippen LogP contribution >= 0.6 is 0 Å². The molecule has 0 aromatic rings. The molecule has 0 aliphatic heterocycles. The molecule has 14 heavy (non-hydrogen) atoms. The Morgan fingerprint density at radius 3 is 2.71 bits per heavy atom. The molecule has 0 bridgehead atoms. The molecular formula is C11H20O3. The lowest BCUT2D eigenvalue weighted by Crippen LogP contribution is -2.06. The maximum Gasteiger partial charge on any atom is 0.305 e. The average Bonchev–Trinajstić information content (AvgIpc) is 2.16. The molecule has 0 N–H and O–H groups in total. The normalized spacial score (nSPS) is 12.1. The van der Waals surface area contributed by atoms with Crippen LogP contribution in [-0.4, -0.2) is 18.9 Å². The van der Waals surface area contributed by atoms with Crippen LogP contribution in [0.25, 0.3) is 0 Å². The summed E-state index contributed by atoms with van der Waals surface area (Å²) in [5.41, 5.74) is 0. The van der Waals surface area contributed by atoms with Gasteiger partial charge >= 0.3 is 5.97 Å². The quantitative estimate of drug-likeness (QED) is 0.343. The monoisotopic (exact) mass is 200 g/mol. The van der Waals surface area contributed by atoms with Crippen molar-refractivity contribution in [2.75, 3.05) is 6.61 Å². The summed E-state index contributed by atoms with van der Waals surface area (Å²) in [5.74, 6) is 0.383. The van der Waals surface area contributed by atoms with Crippen LogP contribution in [0, 0.1) is 5.92 Å². The molecule has 0 aliphatic carbocycles. The zero-order chi connectivity index (χ0) is 10.8. The van der Waals surface area contributed by atoms with Gasteiger partial charge in [0.25, 0.3) is 0 Å². The molecular weight excluding hydrogens is 180 g/mol. The number of hydrogen-bond acceptors (Lipinski definition) is 3. The van der Waals surface area contributed by atoms with Crippen LogP contribution in [0.5, 0.6) is 0 Å². The Labute approximate surface area is 85.8 Å². The van der Waals surface area contributed by atoms with E-state index in [0.29, 0.717) is 25.4 Å². The molecule has 0 aliphatic rings. The van der Waals surface area contributed by atoms with Crippen molar-refractivity contribution in [3.8, 4) is 0 Å². The third kappa shape index (κ3) is 7.77. The Bertz CT molecular complexity index is 166. The van der Waals surface area contributed by atoms with Crippen molar-refractivity contribution < 1.29 is 14.3 Å². The SMILES string of the molecule is CCOC(=O)CCC(C)CCCC=O. The third-order valence-electron chi connectivity index (χ3n) is 2.17. The molecule has 0 spiro atoms. The molecule has 0 fully saturated rings. The van der Waals surface area contributed by atoms with Crippen molar-refractivity contribution >= 4 is 12.3 Å². The van der Waals surface area contributed by atoms with E-state index < -0.39 is 0 Å². The molecule has 0 saturated carbocycles. The highest BCUT2D eigenvalue weighted by molar-refractivity contribution is 5.69. The summed E-state index contributed by atoms with van der Waals surface area (Å²) in [5, 5.41) is 0. The van der Waals surface area contributed by atoms with Gasteiger partial charge in [0, 0.05) is 12.8 Å². The lowest BCUT2D eigenvalue weighted by atomic mass is 9.99. The summed E-state index contributed by atoms with van der Waals surface area (Å²) >= 11 is 0. The Hall–Kier alpha value is -0.860. The van der Waals surface area contributed by atoms with Crippen LogP contribution in [0.4, 0.5) is 0 Å². The standard InChI is InChI=1S/C11H20O3/c1-3-14-11(13)8-7-10(2)6-4-5-9-12/h9-10H,3-8H2,1-2H3. The van der Waals surface area contributed by atoms with Crippen LogP contribution in [-0.2, 0) is 14.3 Å². The molecule has 0 heterocycles. The predicted octanol–water partition coefficient (Wildman–Crippen LogP) is 2.33. The highest BCUT2D eigenvalue weighted by Crippen LogP contribution is 2.13. The molecule has 0 amide bonds. The Morgan fingerprint density at radius 2 is 2.14 bits per heavy atom. The van der Waals surface area contributed by atoms with Crippen LogP contribution in [0.1, 0.15) is 46.0 Å². The molecule has 0 saturated heterocycles. The van der Waals surface area contributed by atoms with Crippen molar-refractivity contribution in [3.05, 3.63) is 0 Å². The number of carbonyl (C=O) groups is 2. The first-order valence-corrected chi connectivity index (χ1v) is 5.30. The Balaban J connectivity index is 3.38. The zero-order valence-electron chi connectivity index (χ0n) is 9.12. The van der Waals surface area contributed by atoms with Crippen molar-refractivity contribution in [2.45, 2.75) is 46.0 Å². The van der Waals surface area contributed by atoms with E-state index in [-0.39, 0.29) is 5.97 Å². The van der Waals surface area contributed by atoms with E-state index in [1.54, 1.807) is 0 Å². The van der Waals surface area contributed by atoms with Crippen LogP contribution in [0.3, 0.4) is 0 Å². The fourth-order valence-corrected chi connectivity index (χ4v) is 1.29. The highest BCUT2D eigenvalue weighted by atomic mass is 16.5. The van der Waals surface area contributed by atoms with E-state index in [9.17, 15) is 9.59 Å². The number of ether oxygens (including phenoxy) is 1. The number of unbranched alkanes of at least 4 members (excludes halogenated alkanes) is 1. The summed E-state index contributed by atoms with van der Waals surface area (Å²) in [6, 6.07) is 0. The molecule has 0 rings (SSSR count). The Morgan fingerprint density at radius 1 is 1.43 bits per heavy atom. The van der Waals surface area contributed by atoms with Crippen LogP contribution < -0.4 is 0 Å². The second-order valence-electron chi connectivity index (χ2n) is 3.55. The van der Waals surface area contributed by atoms with Gasteiger partial charge in [0.15, 0.2) is 0 Å². The molecule has 0 aromatic carbocycles.